The normalized spacial score (nSPS) is 10.2. The van der Waals surface area contributed by atoms with Crippen molar-refractivity contribution in [1.82, 2.24) is 15.5 Å². The first-order valence-electron chi connectivity index (χ1n) is 5.28. The number of rotatable bonds is 3. The smallest absolute Gasteiger partial charge is 0.257 e. The fourth-order valence-electron chi connectivity index (χ4n) is 1.58. The molecular weight excluding hydrogens is 218 g/mol. The molecule has 0 aliphatic carbocycles. The van der Waals surface area contributed by atoms with Crippen LogP contribution >= 0.6 is 0 Å². The van der Waals surface area contributed by atoms with Crippen molar-refractivity contribution in [1.29, 1.82) is 0 Å². The van der Waals surface area contributed by atoms with Crippen LogP contribution in [0.15, 0.2) is 29.0 Å². The predicted molar refractivity (Wildman–Crippen MR) is 61.4 cm³/mol. The van der Waals surface area contributed by atoms with Crippen molar-refractivity contribution in [3.63, 3.8) is 0 Å². The average Bonchev–Trinajstić information content (AvgIpc) is 2.67. The van der Waals surface area contributed by atoms with E-state index in [0.717, 1.165) is 5.56 Å². The lowest BCUT2D eigenvalue weighted by Crippen LogP contribution is -2.23. The van der Waals surface area contributed by atoms with Crippen LogP contribution in [0.3, 0.4) is 0 Å². The molecular formula is C12H13N3O2. The van der Waals surface area contributed by atoms with E-state index >= 15 is 0 Å². The molecule has 2 rings (SSSR count). The van der Waals surface area contributed by atoms with Gasteiger partial charge in [0.15, 0.2) is 0 Å². The summed E-state index contributed by atoms with van der Waals surface area (Å²) in [6.45, 7) is 3.94. The van der Waals surface area contributed by atoms with Gasteiger partial charge in [0.1, 0.15) is 11.3 Å². The zero-order valence-corrected chi connectivity index (χ0v) is 9.73. The largest absolute Gasteiger partial charge is 0.361 e. The zero-order valence-electron chi connectivity index (χ0n) is 9.73. The summed E-state index contributed by atoms with van der Waals surface area (Å²) >= 11 is 0. The fraction of sp³-hybridized carbons (Fsp3) is 0.250. The Kier molecular flexibility index (Phi) is 3.18. The molecule has 2 aromatic heterocycles. The van der Waals surface area contributed by atoms with Gasteiger partial charge in [-0.05, 0) is 31.5 Å². The molecule has 0 saturated heterocycles. The molecule has 2 aromatic rings. The molecule has 0 bridgehead atoms. The van der Waals surface area contributed by atoms with Crippen LogP contribution in [0.1, 0.15) is 27.4 Å². The Hall–Kier alpha value is -2.17. The Labute approximate surface area is 98.8 Å². The molecule has 5 heteroatoms. The molecule has 0 fully saturated rings. The van der Waals surface area contributed by atoms with Crippen molar-refractivity contribution in [2.45, 2.75) is 20.4 Å². The topological polar surface area (TPSA) is 68.0 Å². The highest BCUT2D eigenvalue weighted by atomic mass is 16.5. The van der Waals surface area contributed by atoms with E-state index in [-0.39, 0.29) is 5.91 Å². The highest BCUT2D eigenvalue weighted by molar-refractivity contribution is 5.95. The number of amides is 1. The van der Waals surface area contributed by atoms with Gasteiger partial charge in [-0.25, -0.2) is 0 Å². The summed E-state index contributed by atoms with van der Waals surface area (Å²) in [5.74, 6) is 0.368. The number of nitrogens with one attached hydrogen (secondary N) is 1. The second kappa shape index (κ2) is 4.78. The summed E-state index contributed by atoms with van der Waals surface area (Å²) in [6.07, 6.45) is 3.38. The molecule has 0 unspecified atom stereocenters. The van der Waals surface area contributed by atoms with Crippen LogP contribution in [0, 0.1) is 13.8 Å². The van der Waals surface area contributed by atoms with E-state index in [2.05, 4.69) is 15.5 Å². The first-order valence-corrected chi connectivity index (χ1v) is 5.28. The molecule has 2 heterocycles. The van der Waals surface area contributed by atoms with Crippen LogP contribution in [0.2, 0.25) is 0 Å². The minimum Gasteiger partial charge on any atom is -0.361 e. The number of hydrogen-bond donors (Lipinski definition) is 1. The number of carbonyl (C=O) groups is 1. The maximum atomic E-state index is 11.9. The SMILES string of the molecule is Cc1noc(C)c1C(=O)NCc1ccncc1. The standard InChI is InChI=1S/C12H13N3O2/c1-8-11(9(2)17-15-8)12(16)14-7-10-3-5-13-6-4-10/h3-6H,7H2,1-2H3,(H,14,16). The van der Waals surface area contributed by atoms with E-state index in [1.807, 2.05) is 12.1 Å². The molecule has 5 nitrogen and oxygen atoms in total. The van der Waals surface area contributed by atoms with Crippen molar-refractivity contribution < 1.29 is 9.32 Å². The molecule has 0 aromatic carbocycles. The minimum absolute atomic E-state index is 0.168. The monoisotopic (exact) mass is 231 g/mol. The summed E-state index contributed by atoms with van der Waals surface area (Å²) in [6, 6.07) is 3.71. The summed E-state index contributed by atoms with van der Waals surface area (Å²) in [5, 5.41) is 6.56. The number of pyridine rings is 1. The molecule has 0 radical (unpaired) electrons. The van der Waals surface area contributed by atoms with Gasteiger partial charge in [-0.1, -0.05) is 5.16 Å². The maximum Gasteiger partial charge on any atom is 0.257 e. The molecule has 0 aliphatic rings. The fourth-order valence-corrected chi connectivity index (χ4v) is 1.58. The van der Waals surface area contributed by atoms with Crippen LogP contribution in [0.4, 0.5) is 0 Å². The molecule has 0 atom stereocenters. The molecule has 88 valence electrons. The van der Waals surface area contributed by atoms with Gasteiger partial charge in [0.05, 0.1) is 5.69 Å². The lowest BCUT2D eigenvalue weighted by Gasteiger charge is -2.04. The second-order valence-corrected chi connectivity index (χ2v) is 3.74. The third-order valence-electron chi connectivity index (χ3n) is 2.46. The van der Waals surface area contributed by atoms with Crippen LogP contribution in [0.25, 0.3) is 0 Å². The number of hydrogen-bond acceptors (Lipinski definition) is 4. The van der Waals surface area contributed by atoms with Gasteiger partial charge in [0.2, 0.25) is 0 Å². The van der Waals surface area contributed by atoms with Crippen LogP contribution in [-0.2, 0) is 6.54 Å². The average molecular weight is 231 g/mol. The summed E-state index contributed by atoms with van der Waals surface area (Å²) in [4.78, 5) is 15.8. The van der Waals surface area contributed by atoms with Gasteiger partial charge in [-0.3, -0.25) is 9.78 Å². The molecule has 17 heavy (non-hydrogen) atoms. The van der Waals surface area contributed by atoms with Gasteiger partial charge >= 0.3 is 0 Å². The minimum atomic E-state index is -0.168. The van der Waals surface area contributed by atoms with Crippen molar-refractivity contribution in [3.8, 4) is 0 Å². The number of aromatic nitrogens is 2. The predicted octanol–water partition coefficient (Wildman–Crippen LogP) is 1.62. The van der Waals surface area contributed by atoms with Crippen LogP contribution < -0.4 is 5.32 Å². The number of carbonyl (C=O) groups excluding carboxylic acids is 1. The van der Waals surface area contributed by atoms with E-state index in [1.54, 1.807) is 26.2 Å². The summed E-state index contributed by atoms with van der Waals surface area (Å²) in [5.41, 5.74) is 2.12. The number of nitrogens with zero attached hydrogens (tertiary/aromatic N) is 2. The highest BCUT2D eigenvalue weighted by Gasteiger charge is 2.16. The van der Waals surface area contributed by atoms with Gasteiger partial charge in [-0.15, -0.1) is 0 Å². The Morgan fingerprint density at radius 2 is 2.06 bits per heavy atom. The van der Waals surface area contributed by atoms with E-state index < -0.39 is 0 Å². The Bertz CT molecular complexity index is 500. The Morgan fingerprint density at radius 3 is 2.65 bits per heavy atom. The van der Waals surface area contributed by atoms with Crippen molar-refractivity contribution in [3.05, 3.63) is 47.1 Å². The summed E-state index contributed by atoms with van der Waals surface area (Å²) < 4.78 is 4.95. The quantitative estimate of drug-likeness (QED) is 0.871. The van der Waals surface area contributed by atoms with Gasteiger partial charge in [-0.2, -0.15) is 0 Å². The van der Waals surface area contributed by atoms with Crippen LogP contribution in [-0.4, -0.2) is 16.0 Å². The lowest BCUT2D eigenvalue weighted by atomic mass is 10.2. The van der Waals surface area contributed by atoms with Crippen LogP contribution in [0.5, 0.6) is 0 Å². The van der Waals surface area contributed by atoms with Crippen molar-refractivity contribution in [2.24, 2.45) is 0 Å². The van der Waals surface area contributed by atoms with Gasteiger partial charge < -0.3 is 9.84 Å². The van der Waals surface area contributed by atoms with E-state index in [1.165, 1.54) is 0 Å². The first kappa shape index (κ1) is 11.3. The third kappa shape index (κ3) is 2.50. The molecule has 0 spiro atoms. The zero-order chi connectivity index (χ0) is 12.3. The lowest BCUT2D eigenvalue weighted by molar-refractivity contribution is 0.0949. The molecule has 1 amide bonds. The van der Waals surface area contributed by atoms with E-state index in [0.29, 0.717) is 23.6 Å². The Morgan fingerprint density at radius 1 is 1.35 bits per heavy atom. The highest BCUT2D eigenvalue weighted by Crippen LogP contribution is 2.11. The second-order valence-electron chi connectivity index (χ2n) is 3.74. The maximum absolute atomic E-state index is 11.9. The molecule has 0 saturated carbocycles. The van der Waals surface area contributed by atoms with Crippen molar-refractivity contribution >= 4 is 5.91 Å². The van der Waals surface area contributed by atoms with E-state index in [9.17, 15) is 4.79 Å². The van der Waals surface area contributed by atoms with Gasteiger partial charge in [0, 0.05) is 18.9 Å². The Balaban J connectivity index is 2.04. The van der Waals surface area contributed by atoms with Gasteiger partial charge in [0.25, 0.3) is 5.91 Å². The first-order chi connectivity index (χ1) is 8.18. The van der Waals surface area contributed by atoms with E-state index in [4.69, 9.17) is 4.52 Å². The number of aryl methyl sites for hydroxylation is 2. The molecule has 0 aliphatic heterocycles. The van der Waals surface area contributed by atoms with Crippen molar-refractivity contribution in [2.75, 3.05) is 0 Å². The summed E-state index contributed by atoms with van der Waals surface area (Å²) in [7, 11) is 0. The molecule has 1 N–H and O–H groups in total. The third-order valence-corrected chi connectivity index (χ3v) is 2.46.